The minimum atomic E-state index is -1.17. The van der Waals surface area contributed by atoms with Crippen LogP contribution >= 0.6 is 0 Å². The summed E-state index contributed by atoms with van der Waals surface area (Å²) < 4.78 is 20.3. The van der Waals surface area contributed by atoms with Crippen molar-refractivity contribution in [1.29, 1.82) is 0 Å². The number of anilines is 1. The van der Waals surface area contributed by atoms with Gasteiger partial charge in [0.25, 0.3) is 0 Å². The van der Waals surface area contributed by atoms with Crippen LogP contribution in [0.2, 0.25) is 0 Å². The SMILES string of the molecule is O=C([O-])CCc1ccc(COc2cccc3c2N(CC2CC2)CCC3)cc1F.[Na+]. The first-order valence-corrected chi connectivity index (χ1v) is 10.1. The van der Waals surface area contributed by atoms with Gasteiger partial charge in [-0.1, -0.05) is 24.3 Å². The standard InChI is InChI=1S/C23H26FNO3.Na/c24-20-13-17(8-9-18(20)10-11-22(26)27)15-28-21-5-1-3-19-4-2-12-25(23(19)21)14-16-6-7-16;/h1,3,5,8-9,13,16H,2,4,6-7,10-12,14-15H2,(H,26,27);/q;+1/p-1. The first kappa shape index (κ1) is 22.1. The third-order valence-electron chi connectivity index (χ3n) is 5.56. The minimum Gasteiger partial charge on any atom is -0.550 e. The van der Waals surface area contributed by atoms with Crippen LogP contribution in [0.3, 0.4) is 0 Å². The van der Waals surface area contributed by atoms with E-state index in [0.29, 0.717) is 5.56 Å². The molecule has 0 radical (unpaired) electrons. The Hall–Kier alpha value is -1.56. The number of fused-ring (bicyclic) bond motifs is 1. The third-order valence-corrected chi connectivity index (χ3v) is 5.56. The normalized spacial score (nSPS) is 15.4. The Labute approximate surface area is 193 Å². The maximum atomic E-state index is 14.2. The van der Waals surface area contributed by atoms with E-state index in [0.717, 1.165) is 36.7 Å². The number of halogens is 1. The van der Waals surface area contributed by atoms with Crippen LogP contribution < -0.4 is 44.3 Å². The van der Waals surface area contributed by atoms with E-state index in [4.69, 9.17) is 4.74 Å². The van der Waals surface area contributed by atoms with Crippen LogP contribution in [0.5, 0.6) is 5.75 Å². The molecule has 2 aromatic rings. The smallest absolute Gasteiger partial charge is 0.550 e. The average Bonchev–Trinajstić information content (AvgIpc) is 3.49. The zero-order valence-electron chi connectivity index (χ0n) is 17.0. The van der Waals surface area contributed by atoms with Crippen LogP contribution in [0.1, 0.15) is 42.4 Å². The second-order valence-electron chi connectivity index (χ2n) is 7.84. The number of rotatable bonds is 8. The van der Waals surface area contributed by atoms with Crippen LogP contribution in [0.15, 0.2) is 36.4 Å². The molecule has 2 aliphatic rings. The number of para-hydroxylation sites is 1. The molecular formula is C23H25FNNaO3. The summed E-state index contributed by atoms with van der Waals surface area (Å²) in [6.45, 7) is 2.44. The molecule has 0 N–H and O–H groups in total. The molecular weight excluding hydrogens is 380 g/mol. The molecule has 29 heavy (non-hydrogen) atoms. The van der Waals surface area contributed by atoms with Gasteiger partial charge in [-0.25, -0.2) is 4.39 Å². The Morgan fingerprint density at radius 1 is 1.24 bits per heavy atom. The van der Waals surface area contributed by atoms with Crippen molar-refractivity contribution >= 4 is 11.7 Å². The fourth-order valence-electron chi connectivity index (χ4n) is 3.89. The first-order valence-electron chi connectivity index (χ1n) is 10.1. The topological polar surface area (TPSA) is 52.6 Å². The summed E-state index contributed by atoms with van der Waals surface area (Å²) in [5, 5.41) is 10.6. The quantitative estimate of drug-likeness (QED) is 0.591. The van der Waals surface area contributed by atoms with Gasteiger partial charge in [-0.15, -0.1) is 0 Å². The van der Waals surface area contributed by atoms with Crippen molar-refractivity contribution in [3.63, 3.8) is 0 Å². The fourth-order valence-corrected chi connectivity index (χ4v) is 3.89. The number of carboxylic acid groups (broad SMARTS) is 1. The Morgan fingerprint density at radius 2 is 2.07 bits per heavy atom. The largest absolute Gasteiger partial charge is 1.00 e. The maximum absolute atomic E-state index is 14.2. The molecule has 6 heteroatoms. The van der Waals surface area contributed by atoms with Crippen molar-refractivity contribution in [3.8, 4) is 5.75 Å². The van der Waals surface area contributed by atoms with Crippen molar-refractivity contribution in [3.05, 3.63) is 58.9 Å². The molecule has 0 spiro atoms. The third kappa shape index (κ3) is 5.74. The Morgan fingerprint density at radius 3 is 2.79 bits per heavy atom. The molecule has 0 amide bonds. The molecule has 0 unspecified atom stereocenters. The Balaban J connectivity index is 0.00000240. The average molecular weight is 405 g/mol. The number of nitrogens with zero attached hydrogens (tertiary/aromatic N) is 1. The van der Waals surface area contributed by atoms with E-state index in [1.165, 1.54) is 36.6 Å². The monoisotopic (exact) mass is 405 g/mol. The van der Waals surface area contributed by atoms with Gasteiger partial charge in [0.05, 0.1) is 5.69 Å². The second kappa shape index (κ2) is 9.96. The van der Waals surface area contributed by atoms with Crippen LogP contribution in [-0.2, 0) is 24.2 Å². The van der Waals surface area contributed by atoms with Crippen molar-refractivity contribution in [1.82, 2.24) is 0 Å². The molecule has 0 aromatic heterocycles. The Kier molecular flexibility index (Phi) is 7.60. The summed E-state index contributed by atoms with van der Waals surface area (Å²) in [6, 6.07) is 11.1. The number of aliphatic carboxylic acids is 1. The minimum absolute atomic E-state index is 0. The molecule has 1 aliphatic carbocycles. The summed E-state index contributed by atoms with van der Waals surface area (Å²) in [4.78, 5) is 13.0. The van der Waals surface area contributed by atoms with E-state index < -0.39 is 11.8 Å². The number of ether oxygens (including phenoxy) is 1. The zero-order chi connectivity index (χ0) is 19.5. The van der Waals surface area contributed by atoms with Gasteiger partial charge in [0.2, 0.25) is 0 Å². The van der Waals surface area contributed by atoms with Gasteiger partial charge in [0.1, 0.15) is 18.2 Å². The number of aryl methyl sites for hydroxylation is 2. The molecule has 1 aliphatic heterocycles. The molecule has 0 atom stereocenters. The molecule has 1 fully saturated rings. The van der Waals surface area contributed by atoms with Crippen LogP contribution in [0, 0.1) is 11.7 Å². The van der Waals surface area contributed by atoms with E-state index in [1.54, 1.807) is 12.1 Å². The predicted molar refractivity (Wildman–Crippen MR) is 104 cm³/mol. The van der Waals surface area contributed by atoms with Gasteiger partial charge in [-0.05, 0) is 73.3 Å². The number of carboxylic acids is 1. The Bertz CT molecular complexity index is 869. The fraction of sp³-hybridized carbons (Fsp3) is 0.435. The van der Waals surface area contributed by atoms with Crippen molar-refractivity contribution in [2.75, 3.05) is 18.0 Å². The van der Waals surface area contributed by atoms with Gasteiger partial charge in [-0.2, -0.15) is 0 Å². The molecule has 2 aromatic carbocycles. The van der Waals surface area contributed by atoms with Gasteiger partial charge in [0.15, 0.2) is 0 Å². The molecule has 1 heterocycles. The van der Waals surface area contributed by atoms with Gasteiger partial charge in [0, 0.05) is 19.1 Å². The summed E-state index contributed by atoms with van der Waals surface area (Å²) in [6.07, 6.45) is 4.82. The summed E-state index contributed by atoms with van der Waals surface area (Å²) >= 11 is 0. The van der Waals surface area contributed by atoms with E-state index >= 15 is 0 Å². The van der Waals surface area contributed by atoms with Crippen molar-refractivity contribution < 1.29 is 48.6 Å². The van der Waals surface area contributed by atoms with Gasteiger partial charge < -0.3 is 19.5 Å². The van der Waals surface area contributed by atoms with Crippen molar-refractivity contribution in [2.45, 2.75) is 45.1 Å². The summed E-state index contributed by atoms with van der Waals surface area (Å²) in [5.74, 6) is 0.102. The molecule has 4 rings (SSSR count). The molecule has 148 valence electrons. The zero-order valence-corrected chi connectivity index (χ0v) is 19.0. The number of carbonyl (C=O) groups excluding carboxylic acids is 1. The van der Waals surface area contributed by atoms with E-state index in [1.807, 2.05) is 12.1 Å². The first-order chi connectivity index (χ1) is 13.6. The molecule has 0 saturated heterocycles. The van der Waals surface area contributed by atoms with Crippen LogP contribution in [0.25, 0.3) is 0 Å². The molecule has 1 saturated carbocycles. The summed E-state index contributed by atoms with van der Waals surface area (Å²) in [5.41, 5.74) is 3.65. The van der Waals surface area contributed by atoms with Gasteiger partial charge in [-0.3, -0.25) is 0 Å². The number of benzene rings is 2. The van der Waals surface area contributed by atoms with Gasteiger partial charge >= 0.3 is 29.6 Å². The van der Waals surface area contributed by atoms with E-state index in [2.05, 4.69) is 11.0 Å². The van der Waals surface area contributed by atoms with Crippen LogP contribution in [-0.4, -0.2) is 19.1 Å². The maximum Gasteiger partial charge on any atom is 1.00 e. The molecule has 0 bridgehead atoms. The van der Waals surface area contributed by atoms with E-state index in [9.17, 15) is 14.3 Å². The number of carbonyl (C=O) groups is 1. The number of hydrogen-bond donors (Lipinski definition) is 0. The molecule has 4 nitrogen and oxygen atoms in total. The second-order valence-corrected chi connectivity index (χ2v) is 7.84. The van der Waals surface area contributed by atoms with Crippen LogP contribution in [0.4, 0.5) is 10.1 Å². The van der Waals surface area contributed by atoms with E-state index in [-0.39, 0.29) is 49.0 Å². The van der Waals surface area contributed by atoms with Crippen molar-refractivity contribution in [2.24, 2.45) is 5.92 Å². The summed E-state index contributed by atoms with van der Waals surface area (Å²) in [7, 11) is 0. The predicted octanol–water partition coefficient (Wildman–Crippen LogP) is 0.254. The number of hydrogen-bond acceptors (Lipinski definition) is 4.